The SMILES string of the molecule is NC(=O)[C@H]1CCC(=O)N(Cc2noc3ccccc23)C1. The van der Waals surface area contributed by atoms with Crippen molar-refractivity contribution in [2.45, 2.75) is 19.4 Å². The molecule has 2 amide bonds. The van der Waals surface area contributed by atoms with E-state index in [9.17, 15) is 9.59 Å². The van der Waals surface area contributed by atoms with Crippen LogP contribution in [-0.2, 0) is 16.1 Å². The molecule has 1 aromatic carbocycles. The van der Waals surface area contributed by atoms with Gasteiger partial charge in [0.25, 0.3) is 0 Å². The summed E-state index contributed by atoms with van der Waals surface area (Å²) in [5.41, 5.74) is 6.73. The van der Waals surface area contributed by atoms with Crippen LogP contribution in [0.4, 0.5) is 0 Å². The fourth-order valence-electron chi connectivity index (χ4n) is 2.53. The van der Waals surface area contributed by atoms with Crippen molar-refractivity contribution in [2.75, 3.05) is 6.54 Å². The number of likely N-dealkylation sites (tertiary alicyclic amines) is 1. The van der Waals surface area contributed by atoms with Crippen LogP contribution in [0.2, 0.25) is 0 Å². The van der Waals surface area contributed by atoms with E-state index in [4.69, 9.17) is 10.3 Å². The molecule has 0 bridgehead atoms. The molecular weight excluding hydrogens is 258 g/mol. The maximum Gasteiger partial charge on any atom is 0.222 e. The maximum absolute atomic E-state index is 11.9. The van der Waals surface area contributed by atoms with Gasteiger partial charge in [-0.15, -0.1) is 0 Å². The van der Waals surface area contributed by atoms with Crippen LogP contribution in [0, 0.1) is 5.92 Å². The van der Waals surface area contributed by atoms with Gasteiger partial charge in [-0.05, 0) is 18.6 Å². The molecule has 0 spiro atoms. The average molecular weight is 273 g/mol. The Balaban J connectivity index is 1.82. The number of hydrogen-bond donors (Lipinski definition) is 1. The molecule has 3 rings (SSSR count). The molecule has 6 nitrogen and oxygen atoms in total. The van der Waals surface area contributed by atoms with E-state index in [0.29, 0.717) is 37.2 Å². The summed E-state index contributed by atoms with van der Waals surface area (Å²) in [6, 6.07) is 7.50. The van der Waals surface area contributed by atoms with E-state index in [1.54, 1.807) is 4.90 Å². The van der Waals surface area contributed by atoms with Crippen molar-refractivity contribution in [2.24, 2.45) is 11.7 Å². The summed E-state index contributed by atoms with van der Waals surface area (Å²) in [6.07, 6.45) is 0.883. The molecular formula is C14H15N3O3. The molecule has 20 heavy (non-hydrogen) atoms. The Morgan fingerprint density at radius 1 is 1.45 bits per heavy atom. The molecule has 1 aliphatic heterocycles. The lowest BCUT2D eigenvalue weighted by atomic mass is 9.97. The highest BCUT2D eigenvalue weighted by molar-refractivity contribution is 5.84. The fourth-order valence-corrected chi connectivity index (χ4v) is 2.53. The summed E-state index contributed by atoms with van der Waals surface area (Å²) in [5.74, 6) is -0.604. The number of carbonyl (C=O) groups is 2. The Kier molecular flexibility index (Phi) is 3.14. The van der Waals surface area contributed by atoms with Gasteiger partial charge in [0.05, 0.1) is 12.5 Å². The number of primary amides is 1. The Morgan fingerprint density at radius 3 is 3.05 bits per heavy atom. The molecule has 0 saturated carbocycles. The molecule has 6 heteroatoms. The number of hydrogen-bond acceptors (Lipinski definition) is 4. The molecule has 2 N–H and O–H groups in total. The zero-order valence-electron chi connectivity index (χ0n) is 10.9. The van der Waals surface area contributed by atoms with Crippen LogP contribution in [0.5, 0.6) is 0 Å². The van der Waals surface area contributed by atoms with Crippen LogP contribution >= 0.6 is 0 Å². The van der Waals surface area contributed by atoms with Gasteiger partial charge in [-0.25, -0.2) is 0 Å². The number of benzene rings is 1. The van der Waals surface area contributed by atoms with Crippen molar-refractivity contribution in [3.63, 3.8) is 0 Å². The minimum Gasteiger partial charge on any atom is -0.369 e. The molecule has 1 atom stereocenters. The smallest absolute Gasteiger partial charge is 0.222 e. The van der Waals surface area contributed by atoms with E-state index in [1.807, 2.05) is 24.3 Å². The summed E-state index contributed by atoms with van der Waals surface area (Å²) in [7, 11) is 0. The highest BCUT2D eigenvalue weighted by Crippen LogP contribution is 2.23. The number of nitrogens with zero attached hydrogens (tertiary/aromatic N) is 2. The first-order valence-electron chi connectivity index (χ1n) is 6.55. The van der Waals surface area contributed by atoms with Crippen molar-refractivity contribution < 1.29 is 14.1 Å². The summed E-state index contributed by atoms with van der Waals surface area (Å²) < 4.78 is 5.22. The van der Waals surface area contributed by atoms with E-state index < -0.39 is 0 Å². The van der Waals surface area contributed by atoms with Gasteiger partial charge in [-0.1, -0.05) is 17.3 Å². The molecule has 104 valence electrons. The number of amides is 2. The van der Waals surface area contributed by atoms with Gasteiger partial charge in [-0.3, -0.25) is 9.59 Å². The lowest BCUT2D eigenvalue weighted by molar-refractivity contribution is -0.138. The number of para-hydroxylation sites is 1. The Morgan fingerprint density at radius 2 is 2.25 bits per heavy atom. The molecule has 1 aromatic heterocycles. The molecule has 1 fully saturated rings. The zero-order valence-corrected chi connectivity index (χ0v) is 10.9. The summed E-state index contributed by atoms with van der Waals surface area (Å²) >= 11 is 0. The second-order valence-corrected chi connectivity index (χ2v) is 5.04. The lowest BCUT2D eigenvalue weighted by Crippen LogP contribution is -2.43. The zero-order chi connectivity index (χ0) is 14.1. The van der Waals surface area contributed by atoms with Gasteiger partial charge in [-0.2, -0.15) is 0 Å². The van der Waals surface area contributed by atoms with Gasteiger partial charge in [0.1, 0.15) is 5.69 Å². The minimum absolute atomic E-state index is 0.0228. The van der Waals surface area contributed by atoms with Crippen LogP contribution in [0.25, 0.3) is 11.0 Å². The molecule has 0 radical (unpaired) electrons. The number of fused-ring (bicyclic) bond motifs is 1. The summed E-state index contributed by atoms with van der Waals surface area (Å²) in [6.45, 7) is 0.703. The van der Waals surface area contributed by atoms with Crippen LogP contribution < -0.4 is 5.73 Å². The predicted molar refractivity (Wildman–Crippen MR) is 71.3 cm³/mol. The Hall–Kier alpha value is -2.37. The Labute approximate surface area is 115 Å². The van der Waals surface area contributed by atoms with Crippen LogP contribution in [-0.4, -0.2) is 28.4 Å². The van der Waals surface area contributed by atoms with Gasteiger partial charge in [0.15, 0.2) is 5.58 Å². The second-order valence-electron chi connectivity index (χ2n) is 5.04. The van der Waals surface area contributed by atoms with E-state index >= 15 is 0 Å². The van der Waals surface area contributed by atoms with Crippen molar-refractivity contribution in [1.82, 2.24) is 10.1 Å². The minimum atomic E-state index is -0.354. The third-order valence-electron chi connectivity index (χ3n) is 3.70. The van der Waals surface area contributed by atoms with Crippen molar-refractivity contribution in [3.8, 4) is 0 Å². The first-order chi connectivity index (χ1) is 9.65. The third-order valence-corrected chi connectivity index (χ3v) is 3.70. The first-order valence-corrected chi connectivity index (χ1v) is 6.55. The molecule has 2 heterocycles. The predicted octanol–water partition coefficient (Wildman–Crippen LogP) is 1.05. The van der Waals surface area contributed by atoms with Gasteiger partial charge in [0, 0.05) is 18.4 Å². The summed E-state index contributed by atoms with van der Waals surface area (Å²) in [5, 5.41) is 4.90. The molecule has 2 aromatic rings. The van der Waals surface area contributed by atoms with Crippen molar-refractivity contribution >= 4 is 22.8 Å². The first kappa shape index (κ1) is 12.7. The quantitative estimate of drug-likeness (QED) is 0.905. The lowest BCUT2D eigenvalue weighted by Gasteiger charge is -2.30. The molecule has 1 saturated heterocycles. The van der Waals surface area contributed by atoms with E-state index in [0.717, 1.165) is 5.39 Å². The monoisotopic (exact) mass is 273 g/mol. The van der Waals surface area contributed by atoms with Crippen LogP contribution in [0.3, 0.4) is 0 Å². The second kappa shape index (κ2) is 4.96. The molecule has 1 aliphatic rings. The normalized spacial score (nSPS) is 19.5. The third kappa shape index (κ3) is 2.24. The molecule has 0 unspecified atom stereocenters. The maximum atomic E-state index is 11.9. The van der Waals surface area contributed by atoms with E-state index in [1.165, 1.54) is 0 Å². The van der Waals surface area contributed by atoms with E-state index in [2.05, 4.69) is 5.16 Å². The van der Waals surface area contributed by atoms with Gasteiger partial charge in [0.2, 0.25) is 11.8 Å². The van der Waals surface area contributed by atoms with Crippen LogP contribution in [0.1, 0.15) is 18.5 Å². The summed E-state index contributed by atoms with van der Waals surface area (Å²) in [4.78, 5) is 24.8. The average Bonchev–Trinajstić information content (AvgIpc) is 2.84. The molecule has 0 aliphatic carbocycles. The fraction of sp³-hybridized carbons (Fsp3) is 0.357. The van der Waals surface area contributed by atoms with Gasteiger partial charge >= 0.3 is 0 Å². The van der Waals surface area contributed by atoms with Crippen molar-refractivity contribution in [1.29, 1.82) is 0 Å². The largest absolute Gasteiger partial charge is 0.369 e. The number of rotatable bonds is 3. The van der Waals surface area contributed by atoms with Crippen molar-refractivity contribution in [3.05, 3.63) is 30.0 Å². The Bertz CT molecular complexity index is 664. The number of carbonyl (C=O) groups excluding carboxylic acids is 2. The van der Waals surface area contributed by atoms with Gasteiger partial charge < -0.3 is 15.2 Å². The number of nitrogens with two attached hydrogens (primary N) is 1. The number of piperidine rings is 1. The highest BCUT2D eigenvalue weighted by Gasteiger charge is 2.29. The highest BCUT2D eigenvalue weighted by atomic mass is 16.5. The standard InChI is InChI=1S/C14H15N3O3/c15-14(19)9-5-6-13(18)17(7-9)8-11-10-3-1-2-4-12(10)20-16-11/h1-4,9H,5-8H2,(H2,15,19)/t9-/m0/s1. The topological polar surface area (TPSA) is 89.4 Å². The number of aromatic nitrogens is 1. The van der Waals surface area contributed by atoms with Crippen LogP contribution in [0.15, 0.2) is 28.8 Å². The van der Waals surface area contributed by atoms with E-state index in [-0.39, 0.29) is 17.7 Å².